The largest absolute Gasteiger partial charge is 0.390 e. The molecule has 2 aliphatic rings. The van der Waals surface area contributed by atoms with Crippen LogP contribution in [0.25, 0.3) is 0 Å². The van der Waals surface area contributed by atoms with E-state index in [1.807, 2.05) is 13.8 Å². The van der Waals surface area contributed by atoms with Gasteiger partial charge < -0.3 is 5.11 Å². The van der Waals surface area contributed by atoms with E-state index in [1.165, 1.54) is 38.5 Å². The highest BCUT2D eigenvalue weighted by Gasteiger charge is 2.41. The minimum absolute atomic E-state index is 0.433. The van der Waals surface area contributed by atoms with E-state index in [-0.39, 0.29) is 0 Å². The first-order valence-electron chi connectivity index (χ1n) is 5.80. The summed E-state index contributed by atoms with van der Waals surface area (Å²) in [6, 6.07) is 0. The molecular formula is C12H22O. The summed E-state index contributed by atoms with van der Waals surface area (Å²) in [5, 5.41) is 9.96. The molecule has 0 spiro atoms. The molecule has 0 aromatic carbocycles. The standard InChI is InChI=1S/C12H22O/c1-12(2,13)11-7-9-5-3-4-6-10(9)8-11/h9-11,13H,3-8H2,1-2H3/t9-,10+,11?. The van der Waals surface area contributed by atoms with Gasteiger partial charge in [0.25, 0.3) is 0 Å². The van der Waals surface area contributed by atoms with Crippen molar-refractivity contribution in [2.75, 3.05) is 0 Å². The van der Waals surface area contributed by atoms with E-state index in [4.69, 9.17) is 0 Å². The first kappa shape index (κ1) is 9.51. The van der Waals surface area contributed by atoms with Crippen molar-refractivity contribution in [1.29, 1.82) is 0 Å². The fraction of sp³-hybridized carbons (Fsp3) is 1.00. The lowest BCUT2D eigenvalue weighted by atomic mass is 9.82. The second-order valence-electron chi connectivity index (χ2n) is 5.63. The Labute approximate surface area is 81.5 Å². The first-order chi connectivity index (χ1) is 6.07. The second-order valence-corrected chi connectivity index (χ2v) is 5.63. The lowest BCUT2D eigenvalue weighted by Gasteiger charge is -2.25. The fourth-order valence-electron chi connectivity index (χ4n) is 3.31. The fourth-order valence-corrected chi connectivity index (χ4v) is 3.31. The molecular weight excluding hydrogens is 160 g/mol. The van der Waals surface area contributed by atoms with E-state index in [9.17, 15) is 5.11 Å². The van der Waals surface area contributed by atoms with Gasteiger partial charge in [0, 0.05) is 0 Å². The molecule has 1 N–H and O–H groups in total. The molecule has 0 heterocycles. The molecule has 76 valence electrons. The molecule has 2 saturated carbocycles. The van der Waals surface area contributed by atoms with Gasteiger partial charge in [-0.25, -0.2) is 0 Å². The molecule has 2 rings (SSSR count). The molecule has 13 heavy (non-hydrogen) atoms. The molecule has 3 atom stereocenters. The van der Waals surface area contributed by atoms with Crippen LogP contribution in [-0.4, -0.2) is 10.7 Å². The molecule has 2 fully saturated rings. The Kier molecular flexibility index (Phi) is 2.39. The zero-order chi connectivity index (χ0) is 9.47. The third kappa shape index (κ3) is 1.90. The molecule has 0 amide bonds. The van der Waals surface area contributed by atoms with Crippen molar-refractivity contribution < 1.29 is 5.11 Å². The van der Waals surface area contributed by atoms with E-state index in [0.717, 1.165) is 11.8 Å². The molecule has 1 unspecified atom stereocenters. The number of hydrogen-bond donors (Lipinski definition) is 1. The molecule has 0 radical (unpaired) electrons. The smallest absolute Gasteiger partial charge is 0.0620 e. The molecule has 0 saturated heterocycles. The summed E-state index contributed by atoms with van der Waals surface area (Å²) in [5.74, 6) is 2.47. The highest BCUT2D eigenvalue weighted by molar-refractivity contribution is 4.92. The third-order valence-corrected chi connectivity index (χ3v) is 4.24. The van der Waals surface area contributed by atoms with Crippen LogP contribution in [-0.2, 0) is 0 Å². The third-order valence-electron chi connectivity index (χ3n) is 4.24. The van der Waals surface area contributed by atoms with Gasteiger partial charge in [-0.3, -0.25) is 0 Å². The Balaban J connectivity index is 1.99. The SMILES string of the molecule is CC(C)(O)C1C[C@H]2CCCC[C@H]2C1. The summed E-state index contributed by atoms with van der Waals surface area (Å²) < 4.78 is 0. The summed E-state index contributed by atoms with van der Waals surface area (Å²) in [4.78, 5) is 0. The van der Waals surface area contributed by atoms with Gasteiger partial charge in [0.15, 0.2) is 0 Å². The summed E-state index contributed by atoms with van der Waals surface area (Å²) >= 11 is 0. The van der Waals surface area contributed by atoms with Crippen LogP contribution in [0.1, 0.15) is 52.4 Å². The zero-order valence-corrected chi connectivity index (χ0v) is 8.92. The molecule has 1 heteroatoms. The topological polar surface area (TPSA) is 20.2 Å². The van der Waals surface area contributed by atoms with Crippen LogP contribution in [0.4, 0.5) is 0 Å². The highest BCUT2D eigenvalue weighted by atomic mass is 16.3. The molecule has 0 aliphatic heterocycles. The zero-order valence-electron chi connectivity index (χ0n) is 8.92. The molecule has 0 aromatic heterocycles. The average Bonchev–Trinajstić information content (AvgIpc) is 2.45. The highest BCUT2D eigenvalue weighted by Crippen LogP contribution is 2.48. The quantitative estimate of drug-likeness (QED) is 0.661. The van der Waals surface area contributed by atoms with Crippen molar-refractivity contribution in [3.8, 4) is 0 Å². The predicted octanol–water partition coefficient (Wildman–Crippen LogP) is 2.97. The van der Waals surface area contributed by atoms with Gasteiger partial charge in [-0.05, 0) is 44.4 Å². The van der Waals surface area contributed by atoms with Crippen molar-refractivity contribution >= 4 is 0 Å². The van der Waals surface area contributed by atoms with Crippen LogP contribution in [0.2, 0.25) is 0 Å². The number of hydrogen-bond acceptors (Lipinski definition) is 1. The van der Waals surface area contributed by atoms with Gasteiger partial charge in [-0.2, -0.15) is 0 Å². The van der Waals surface area contributed by atoms with Crippen LogP contribution in [0, 0.1) is 17.8 Å². The van der Waals surface area contributed by atoms with Crippen LogP contribution in [0.3, 0.4) is 0 Å². The van der Waals surface area contributed by atoms with Gasteiger partial charge >= 0.3 is 0 Å². The van der Waals surface area contributed by atoms with Crippen LogP contribution >= 0.6 is 0 Å². The van der Waals surface area contributed by atoms with Crippen LogP contribution in [0.5, 0.6) is 0 Å². The minimum atomic E-state index is -0.433. The van der Waals surface area contributed by atoms with Gasteiger partial charge in [0.05, 0.1) is 5.60 Å². The average molecular weight is 182 g/mol. The Morgan fingerprint density at radius 1 is 1.00 bits per heavy atom. The summed E-state index contributed by atoms with van der Waals surface area (Å²) in [5.41, 5.74) is -0.433. The van der Waals surface area contributed by atoms with E-state index in [1.54, 1.807) is 0 Å². The Morgan fingerprint density at radius 2 is 1.46 bits per heavy atom. The molecule has 0 bridgehead atoms. The van der Waals surface area contributed by atoms with Gasteiger partial charge in [0.2, 0.25) is 0 Å². The summed E-state index contributed by atoms with van der Waals surface area (Å²) in [6.45, 7) is 3.96. The molecule has 2 aliphatic carbocycles. The minimum Gasteiger partial charge on any atom is -0.390 e. The normalized spacial score (nSPS) is 40.4. The summed E-state index contributed by atoms with van der Waals surface area (Å²) in [7, 11) is 0. The number of aliphatic hydroxyl groups is 1. The Morgan fingerprint density at radius 3 is 1.85 bits per heavy atom. The van der Waals surface area contributed by atoms with Crippen LogP contribution in [0.15, 0.2) is 0 Å². The summed E-state index contributed by atoms with van der Waals surface area (Å²) in [6.07, 6.45) is 8.29. The van der Waals surface area contributed by atoms with Crippen molar-refractivity contribution in [2.45, 2.75) is 58.0 Å². The lowest BCUT2D eigenvalue weighted by Crippen LogP contribution is -2.28. The second kappa shape index (κ2) is 3.27. The van der Waals surface area contributed by atoms with Crippen LogP contribution < -0.4 is 0 Å². The van der Waals surface area contributed by atoms with E-state index in [2.05, 4.69) is 0 Å². The Bertz CT molecular complexity index is 166. The molecule has 0 aromatic rings. The monoisotopic (exact) mass is 182 g/mol. The van der Waals surface area contributed by atoms with Crippen molar-refractivity contribution in [3.63, 3.8) is 0 Å². The van der Waals surface area contributed by atoms with Gasteiger partial charge in [0.1, 0.15) is 0 Å². The Hall–Kier alpha value is -0.0400. The van der Waals surface area contributed by atoms with Gasteiger partial charge in [-0.15, -0.1) is 0 Å². The van der Waals surface area contributed by atoms with E-state index in [0.29, 0.717) is 5.92 Å². The lowest BCUT2D eigenvalue weighted by molar-refractivity contribution is 0.0173. The van der Waals surface area contributed by atoms with E-state index >= 15 is 0 Å². The predicted molar refractivity (Wildman–Crippen MR) is 54.5 cm³/mol. The first-order valence-corrected chi connectivity index (χ1v) is 5.80. The number of fused-ring (bicyclic) bond motifs is 1. The van der Waals surface area contributed by atoms with Crippen molar-refractivity contribution in [2.24, 2.45) is 17.8 Å². The maximum absolute atomic E-state index is 9.96. The molecule has 1 nitrogen and oxygen atoms in total. The number of rotatable bonds is 1. The van der Waals surface area contributed by atoms with Crippen molar-refractivity contribution in [3.05, 3.63) is 0 Å². The van der Waals surface area contributed by atoms with Crippen molar-refractivity contribution in [1.82, 2.24) is 0 Å². The van der Waals surface area contributed by atoms with E-state index < -0.39 is 5.60 Å². The maximum atomic E-state index is 9.96. The maximum Gasteiger partial charge on any atom is 0.0620 e. The van der Waals surface area contributed by atoms with Gasteiger partial charge in [-0.1, -0.05) is 25.7 Å².